The number of aliphatic hydroxyl groups excluding tert-OH is 1. The van der Waals surface area contributed by atoms with Crippen molar-refractivity contribution in [2.45, 2.75) is 39.0 Å². The number of hydrogen-bond donors (Lipinski definition) is 3. The molecule has 36 heavy (non-hydrogen) atoms. The molecule has 0 bridgehead atoms. The highest BCUT2D eigenvalue weighted by molar-refractivity contribution is 7.53. The molecule has 0 amide bonds. The van der Waals surface area contributed by atoms with E-state index < -0.39 is 31.4 Å². The van der Waals surface area contributed by atoms with Gasteiger partial charge in [-0.1, -0.05) is 25.5 Å². The molecule has 0 fully saturated rings. The van der Waals surface area contributed by atoms with Crippen LogP contribution in [0, 0.1) is 5.82 Å². The molecule has 2 aromatic heterocycles. The van der Waals surface area contributed by atoms with Gasteiger partial charge in [-0.25, -0.2) is 9.37 Å². The van der Waals surface area contributed by atoms with Gasteiger partial charge in [0.05, 0.1) is 32.8 Å². The van der Waals surface area contributed by atoms with Crippen LogP contribution in [0.15, 0.2) is 35.4 Å². The smallest absolute Gasteiger partial charge is 0.356 e. The summed E-state index contributed by atoms with van der Waals surface area (Å²) in [6.07, 6.45) is 2.06. The fraction of sp³-hybridized carbons (Fsp3) is 0.500. The van der Waals surface area contributed by atoms with Gasteiger partial charge < -0.3 is 33.9 Å². The highest BCUT2D eigenvalue weighted by atomic mass is 31.2. The van der Waals surface area contributed by atoms with E-state index >= 15 is 0 Å². The number of nitrogens with one attached hydrogen (secondary N) is 1. The summed E-state index contributed by atoms with van der Waals surface area (Å²) in [5.41, 5.74) is 6.03. The molecule has 0 saturated carbocycles. The molecule has 12 nitrogen and oxygen atoms in total. The van der Waals surface area contributed by atoms with Crippen molar-refractivity contribution >= 4 is 24.7 Å². The monoisotopic (exact) mass is 527 g/mol. The van der Waals surface area contributed by atoms with Crippen molar-refractivity contribution in [2.75, 3.05) is 38.5 Å². The molecule has 2 atom stereocenters. The van der Waals surface area contributed by atoms with E-state index in [9.17, 15) is 18.9 Å². The van der Waals surface area contributed by atoms with Gasteiger partial charge in [-0.3, -0.25) is 14.3 Å². The Labute approximate surface area is 207 Å². The molecule has 2 heterocycles. The first-order chi connectivity index (χ1) is 17.3. The van der Waals surface area contributed by atoms with Crippen molar-refractivity contribution in [3.63, 3.8) is 0 Å². The van der Waals surface area contributed by atoms with Crippen molar-refractivity contribution < 1.29 is 32.6 Å². The predicted octanol–water partition coefficient (Wildman–Crippen LogP) is 2.42. The lowest BCUT2D eigenvalue weighted by molar-refractivity contribution is -0.0199. The fourth-order valence-electron chi connectivity index (χ4n) is 3.13. The number of benzene rings is 1. The van der Waals surface area contributed by atoms with E-state index in [1.54, 1.807) is 10.6 Å². The maximum Gasteiger partial charge on any atom is 0.356 e. The van der Waals surface area contributed by atoms with Crippen LogP contribution in [0.4, 0.5) is 10.3 Å². The molecule has 0 aliphatic heterocycles. The van der Waals surface area contributed by atoms with Gasteiger partial charge in [0.15, 0.2) is 11.2 Å². The van der Waals surface area contributed by atoms with Crippen LogP contribution >= 0.6 is 7.60 Å². The normalized spacial score (nSPS) is 14.2. The summed E-state index contributed by atoms with van der Waals surface area (Å²) in [6.45, 7) is 2.06. The molecule has 0 aliphatic rings. The number of nitrogens with zero attached hydrogens (tertiary/aromatic N) is 3. The first-order valence-corrected chi connectivity index (χ1v) is 13.2. The maximum atomic E-state index is 13.5. The standard InChI is InChI=1S/C22H31FN5O7P/c1-2-3-8-33-18(11-29)13-35-36(31,34-12-16-5-4-6-17(23)10-16)15-32-9-7-28-14-25-19-20(28)26-22(24)27-21(19)30/h4-6,10,14,18,29H,2-3,7-9,11-13,15H2,1H3,(H3,24,26,27,30). The van der Waals surface area contributed by atoms with Gasteiger partial charge in [0.1, 0.15) is 18.3 Å². The van der Waals surface area contributed by atoms with Gasteiger partial charge in [-0.15, -0.1) is 0 Å². The van der Waals surface area contributed by atoms with E-state index in [-0.39, 0.29) is 50.1 Å². The maximum absolute atomic E-state index is 13.5. The summed E-state index contributed by atoms with van der Waals surface area (Å²) in [5.74, 6) is -0.494. The molecule has 0 spiro atoms. The van der Waals surface area contributed by atoms with Crippen LogP contribution in [0.5, 0.6) is 0 Å². The van der Waals surface area contributed by atoms with Crippen molar-refractivity contribution in [3.05, 3.63) is 52.3 Å². The summed E-state index contributed by atoms with van der Waals surface area (Å²) in [5, 5.41) is 9.55. The highest BCUT2D eigenvalue weighted by Crippen LogP contribution is 2.49. The van der Waals surface area contributed by atoms with Crippen molar-refractivity contribution in [2.24, 2.45) is 0 Å². The van der Waals surface area contributed by atoms with Crippen LogP contribution < -0.4 is 11.3 Å². The predicted molar refractivity (Wildman–Crippen MR) is 130 cm³/mol. The lowest BCUT2D eigenvalue weighted by Crippen LogP contribution is -2.24. The zero-order valence-electron chi connectivity index (χ0n) is 20.0. The molecule has 0 radical (unpaired) electrons. The summed E-state index contributed by atoms with van der Waals surface area (Å²) >= 11 is 0. The third kappa shape index (κ3) is 8.19. The van der Waals surface area contributed by atoms with Crippen LogP contribution in [0.3, 0.4) is 0 Å². The zero-order chi connectivity index (χ0) is 26.0. The number of ether oxygens (including phenoxy) is 2. The number of anilines is 1. The number of unbranched alkanes of at least 4 members (excludes halogenated alkanes) is 1. The van der Waals surface area contributed by atoms with Gasteiger partial charge in [-0.05, 0) is 24.1 Å². The second-order valence-electron chi connectivity index (χ2n) is 7.94. The van der Waals surface area contributed by atoms with Gasteiger partial charge in [-0.2, -0.15) is 4.98 Å². The molecule has 198 valence electrons. The molecule has 2 unspecified atom stereocenters. The molecule has 3 aromatic rings. The number of aliphatic hydroxyl groups is 1. The number of aromatic nitrogens is 4. The second-order valence-corrected chi connectivity index (χ2v) is 9.93. The zero-order valence-corrected chi connectivity index (χ0v) is 20.9. The summed E-state index contributed by atoms with van der Waals surface area (Å²) in [6, 6.07) is 5.70. The molecular formula is C22H31FN5O7P. The van der Waals surface area contributed by atoms with Crippen molar-refractivity contribution in [1.29, 1.82) is 0 Å². The highest BCUT2D eigenvalue weighted by Gasteiger charge is 2.27. The second kappa shape index (κ2) is 13.6. The van der Waals surface area contributed by atoms with Crippen LogP contribution in [-0.4, -0.2) is 63.5 Å². The summed E-state index contributed by atoms with van der Waals surface area (Å²) in [7, 11) is -3.83. The SMILES string of the molecule is CCCCOC(CO)COP(=O)(COCCn1cnc2c(=O)[nH]c(N)nc21)OCc1cccc(F)c1. The van der Waals surface area contributed by atoms with Gasteiger partial charge in [0.2, 0.25) is 5.95 Å². The first-order valence-electron chi connectivity index (χ1n) is 11.5. The first kappa shape index (κ1) is 27.9. The van der Waals surface area contributed by atoms with E-state index in [4.69, 9.17) is 24.3 Å². The number of imidazole rings is 1. The number of fused-ring (bicyclic) bond motifs is 1. The number of nitrogen functional groups attached to an aromatic ring is 1. The van der Waals surface area contributed by atoms with Gasteiger partial charge in [0, 0.05) is 13.2 Å². The van der Waals surface area contributed by atoms with Crippen LogP contribution in [0.2, 0.25) is 0 Å². The quantitative estimate of drug-likeness (QED) is 0.186. The largest absolute Gasteiger partial charge is 0.394 e. The molecule has 3 rings (SSSR count). The molecule has 0 aliphatic carbocycles. The Morgan fingerprint density at radius 2 is 2.14 bits per heavy atom. The molecule has 14 heteroatoms. The van der Waals surface area contributed by atoms with E-state index in [1.807, 2.05) is 6.92 Å². The minimum Gasteiger partial charge on any atom is -0.394 e. The van der Waals surface area contributed by atoms with Crippen molar-refractivity contribution in [3.8, 4) is 0 Å². The van der Waals surface area contributed by atoms with Crippen LogP contribution in [-0.2, 0) is 36.2 Å². The Kier molecular flexibility index (Phi) is 10.5. The topological polar surface area (TPSA) is 164 Å². The number of hydrogen-bond acceptors (Lipinski definition) is 10. The summed E-state index contributed by atoms with van der Waals surface area (Å²) < 4.78 is 50.7. The van der Waals surface area contributed by atoms with E-state index in [0.717, 1.165) is 12.8 Å². The van der Waals surface area contributed by atoms with Crippen molar-refractivity contribution in [1.82, 2.24) is 19.5 Å². The number of rotatable bonds is 16. The number of halogens is 1. The third-order valence-electron chi connectivity index (χ3n) is 5.05. The van der Waals surface area contributed by atoms with Gasteiger partial charge in [0.25, 0.3) is 5.56 Å². The Morgan fingerprint density at radius 1 is 1.31 bits per heavy atom. The Hall–Kier alpha value is -2.67. The molecule has 4 N–H and O–H groups in total. The molecule has 1 aromatic carbocycles. The van der Waals surface area contributed by atoms with Crippen LogP contribution in [0.25, 0.3) is 11.2 Å². The fourth-order valence-corrected chi connectivity index (χ4v) is 4.45. The summed E-state index contributed by atoms with van der Waals surface area (Å²) in [4.78, 5) is 22.4. The average Bonchev–Trinajstić information content (AvgIpc) is 3.26. The minimum atomic E-state index is -3.83. The number of aromatic amines is 1. The van der Waals surface area contributed by atoms with E-state index in [1.165, 1.54) is 24.5 Å². The van der Waals surface area contributed by atoms with Gasteiger partial charge >= 0.3 is 7.60 Å². The Balaban J connectivity index is 1.61. The third-order valence-corrected chi connectivity index (χ3v) is 6.61. The minimum absolute atomic E-state index is 0.0431. The van der Waals surface area contributed by atoms with E-state index in [0.29, 0.717) is 12.2 Å². The number of nitrogens with two attached hydrogens (primary N) is 1. The Morgan fingerprint density at radius 3 is 2.89 bits per heavy atom. The lowest BCUT2D eigenvalue weighted by Gasteiger charge is -2.22. The molecular weight excluding hydrogens is 496 g/mol. The average molecular weight is 527 g/mol. The van der Waals surface area contributed by atoms with E-state index in [2.05, 4.69) is 15.0 Å². The lowest BCUT2D eigenvalue weighted by atomic mass is 10.2. The van der Waals surface area contributed by atoms with Crippen LogP contribution in [0.1, 0.15) is 25.3 Å². The Bertz CT molecular complexity index is 1220. The molecule has 0 saturated heterocycles. The number of H-pyrrole nitrogens is 1.